The lowest BCUT2D eigenvalue weighted by Crippen LogP contribution is -2.46. The average Bonchev–Trinajstić information content (AvgIpc) is 3.15. The van der Waals surface area contributed by atoms with Crippen LogP contribution in [0, 0.1) is 5.92 Å². The summed E-state index contributed by atoms with van der Waals surface area (Å²) >= 11 is 0. The van der Waals surface area contributed by atoms with Gasteiger partial charge in [0.2, 0.25) is 0 Å². The second kappa shape index (κ2) is 8.06. The molecule has 1 rings (SSSR count). The standard InChI is InChI=1S/C14H29NO2/c1-3-9-15-14(2,12-16)8-4-10-17-11-7-13-5-6-13/h13,15-16H,3-12H2,1-2H3. The van der Waals surface area contributed by atoms with E-state index in [1.54, 1.807) is 0 Å². The van der Waals surface area contributed by atoms with Gasteiger partial charge in [0.25, 0.3) is 0 Å². The Labute approximate surface area is 106 Å². The molecule has 3 nitrogen and oxygen atoms in total. The van der Waals surface area contributed by atoms with Crippen LogP contribution in [0.3, 0.4) is 0 Å². The SMILES string of the molecule is CCCNC(C)(CO)CCCOCCC1CC1. The van der Waals surface area contributed by atoms with Gasteiger partial charge >= 0.3 is 0 Å². The minimum Gasteiger partial charge on any atom is -0.394 e. The first-order valence-corrected chi connectivity index (χ1v) is 7.14. The maximum atomic E-state index is 9.39. The van der Waals surface area contributed by atoms with E-state index < -0.39 is 0 Å². The van der Waals surface area contributed by atoms with Crippen LogP contribution in [0.2, 0.25) is 0 Å². The molecule has 17 heavy (non-hydrogen) atoms. The van der Waals surface area contributed by atoms with Crippen LogP contribution in [-0.4, -0.2) is 37.0 Å². The molecule has 0 bridgehead atoms. The molecule has 1 saturated carbocycles. The van der Waals surface area contributed by atoms with Gasteiger partial charge in [0.15, 0.2) is 0 Å². The van der Waals surface area contributed by atoms with E-state index in [-0.39, 0.29) is 12.1 Å². The summed E-state index contributed by atoms with van der Waals surface area (Å²) in [5.41, 5.74) is -0.129. The number of rotatable bonds is 11. The van der Waals surface area contributed by atoms with Gasteiger partial charge in [-0.2, -0.15) is 0 Å². The van der Waals surface area contributed by atoms with E-state index in [0.717, 1.165) is 44.9 Å². The largest absolute Gasteiger partial charge is 0.394 e. The fourth-order valence-electron chi connectivity index (χ4n) is 1.97. The van der Waals surface area contributed by atoms with Crippen molar-refractivity contribution in [1.29, 1.82) is 0 Å². The number of nitrogens with one attached hydrogen (secondary N) is 1. The van der Waals surface area contributed by atoms with Crippen molar-refractivity contribution < 1.29 is 9.84 Å². The molecule has 0 aliphatic heterocycles. The molecule has 3 heteroatoms. The zero-order valence-corrected chi connectivity index (χ0v) is 11.5. The minimum atomic E-state index is -0.129. The van der Waals surface area contributed by atoms with E-state index in [1.165, 1.54) is 19.3 Å². The van der Waals surface area contributed by atoms with Gasteiger partial charge in [0.1, 0.15) is 0 Å². The molecule has 0 aromatic rings. The van der Waals surface area contributed by atoms with Gasteiger partial charge in [0.05, 0.1) is 6.61 Å². The Morgan fingerprint density at radius 3 is 2.71 bits per heavy atom. The van der Waals surface area contributed by atoms with E-state index >= 15 is 0 Å². The lowest BCUT2D eigenvalue weighted by Gasteiger charge is -2.28. The summed E-state index contributed by atoms with van der Waals surface area (Å²) in [6.45, 7) is 7.16. The Balaban J connectivity index is 1.97. The van der Waals surface area contributed by atoms with Crippen molar-refractivity contribution >= 4 is 0 Å². The Kier molecular flexibility index (Phi) is 7.09. The smallest absolute Gasteiger partial charge is 0.0610 e. The highest BCUT2D eigenvalue weighted by atomic mass is 16.5. The normalized spacial score (nSPS) is 19.2. The van der Waals surface area contributed by atoms with Crippen LogP contribution < -0.4 is 5.32 Å². The lowest BCUT2D eigenvalue weighted by atomic mass is 9.97. The maximum Gasteiger partial charge on any atom is 0.0610 e. The van der Waals surface area contributed by atoms with Gasteiger partial charge in [0, 0.05) is 18.8 Å². The summed E-state index contributed by atoms with van der Waals surface area (Å²) in [4.78, 5) is 0. The zero-order valence-electron chi connectivity index (χ0n) is 11.5. The molecule has 0 aromatic heterocycles. The minimum absolute atomic E-state index is 0.129. The Morgan fingerprint density at radius 2 is 2.12 bits per heavy atom. The fourth-order valence-corrected chi connectivity index (χ4v) is 1.97. The lowest BCUT2D eigenvalue weighted by molar-refractivity contribution is 0.106. The van der Waals surface area contributed by atoms with Crippen LogP contribution in [0.5, 0.6) is 0 Å². The van der Waals surface area contributed by atoms with Crippen LogP contribution >= 0.6 is 0 Å². The van der Waals surface area contributed by atoms with Crippen LogP contribution in [0.25, 0.3) is 0 Å². The molecule has 102 valence electrons. The van der Waals surface area contributed by atoms with Gasteiger partial charge in [-0.3, -0.25) is 0 Å². The maximum absolute atomic E-state index is 9.39. The summed E-state index contributed by atoms with van der Waals surface area (Å²) in [6, 6.07) is 0. The predicted molar refractivity (Wildman–Crippen MR) is 71.2 cm³/mol. The Morgan fingerprint density at radius 1 is 1.35 bits per heavy atom. The average molecular weight is 243 g/mol. The first-order chi connectivity index (χ1) is 8.20. The summed E-state index contributed by atoms with van der Waals surface area (Å²) in [7, 11) is 0. The van der Waals surface area contributed by atoms with E-state index in [1.807, 2.05) is 0 Å². The summed E-state index contributed by atoms with van der Waals surface area (Å²) < 4.78 is 5.62. The van der Waals surface area contributed by atoms with Crippen LogP contribution in [-0.2, 0) is 4.74 Å². The van der Waals surface area contributed by atoms with Gasteiger partial charge in [-0.1, -0.05) is 19.8 Å². The molecule has 0 heterocycles. The molecular weight excluding hydrogens is 214 g/mol. The van der Waals surface area contributed by atoms with E-state index in [2.05, 4.69) is 19.2 Å². The molecule has 0 saturated heterocycles. The summed E-state index contributed by atoms with van der Waals surface area (Å²) in [5.74, 6) is 0.962. The van der Waals surface area contributed by atoms with E-state index in [4.69, 9.17) is 4.74 Å². The van der Waals surface area contributed by atoms with Gasteiger partial charge in [-0.25, -0.2) is 0 Å². The molecule has 1 aliphatic rings. The summed E-state index contributed by atoms with van der Waals surface area (Å²) in [5, 5.41) is 12.8. The quantitative estimate of drug-likeness (QED) is 0.547. The highest BCUT2D eigenvalue weighted by Gasteiger charge is 2.22. The predicted octanol–water partition coefficient (Wildman–Crippen LogP) is 2.33. The second-order valence-electron chi connectivity index (χ2n) is 5.59. The van der Waals surface area contributed by atoms with Crippen LogP contribution in [0.4, 0.5) is 0 Å². The third kappa shape index (κ3) is 7.02. The van der Waals surface area contributed by atoms with Gasteiger partial charge in [-0.05, 0) is 45.1 Å². The second-order valence-corrected chi connectivity index (χ2v) is 5.59. The molecule has 2 N–H and O–H groups in total. The van der Waals surface area contributed by atoms with Crippen molar-refractivity contribution in [2.45, 2.75) is 57.9 Å². The monoisotopic (exact) mass is 243 g/mol. The van der Waals surface area contributed by atoms with Crippen molar-refractivity contribution in [3.63, 3.8) is 0 Å². The molecule has 1 atom stereocenters. The third-order valence-electron chi connectivity index (χ3n) is 3.54. The molecule has 0 aromatic carbocycles. The number of aliphatic hydroxyl groups is 1. The number of hydrogen-bond donors (Lipinski definition) is 2. The third-order valence-corrected chi connectivity index (χ3v) is 3.54. The highest BCUT2D eigenvalue weighted by molar-refractivity contribution is 4.81. The Hall–Kier alpha value is -0.120. The van der Waals surface area contributed by atoms with Crippen molar-refractivity contribution in [3.05, 3.63) is 0 Å². The van der Waals surface area contributed by atoms with Gasteiger partial charge < -0.3 is 15.2 Å². The van der Waals surface area contributed by atoms with Crippen molar-refractivity contribution in [1.82, 2.24) is 5.32 Å². The Bertz CT molecular complexity index is 195. The number of aliphatic hydroxyl groups excluding tert-OH is 1. The number of hydrogen-bond acceptors (Lipinski definition) is 3. The zero-order chi connectivity index (χ0) is 12.6. The van der Waals surface area contributed by atoms with Crippen molar-refractivity contribution in [3.8, 4) is 0 Å². The molecule has 1 aliphatic carbocycles. The molecule has 1 fully saturated rings. The van der Waals surface area contributed by atoms with Gasteiger partial charge in [-0.15, -0.1) is 0 Å². The van der Waals surface area contributed by atoms with E-state index in [0.29, 0.717) is 0 Å². The first kappa shape index (κ1) is 14.9. The topological polar surface area (TPSA) is 41.5 Å². The molecule has 1 unspecified atom stereocenters. The molecular formula is C14H29NO2. The fraction of sp³-hybridized carbons (Fsp3) is 1.00. The van der Waals surface area contributed by atoms with Crippen molar-refractivity contribution in [2.24, 2.45) is 5.92 Å². The first-order valence-electron chi connectivity index (χ1n) is 7.14. The summed E-state index contributed by atoms with van der Waals surface area (Å²) in [6.07, 6.45) is 7.17. The van der Waals surface area contributed by atoms with E-state index in [9.17, 15) is 5.11 Å². The molecule has 0 radical (unpaired) electrons. The molecule has 0 spiro atoms. The molecule has 0 amide bonds. The van der Waals surface area contributed by atoms with Crippen LogP contribution in [0.1, 0.15) is 52.4 Å². The van der Waals surface area contributed by atoms with Crippen LogP contribution in [0.15, 0.2) is 0 Å². The highest BCUT2D eigenvalue weighted by Crippen LogP contribution is 2.32. The van der Waals surface area contributed by atoms with Crippen molar-refractivity contribution in [2.75, 3.05) is 26.4 Å². The number of ether oxygens (including phenoxy) is 1.